The van der Waals surface area contributed by atoms with Crippen molar-refractivity contribution in [1.29, 1.82) is 0 Å². The number of rotatable bonds is 14. The fraction of sp³-hybridized carbons (Fsp3) is 0.941. The summed E-state index contributed by atoms with van der Waals surface area (Å²) in [7, 11) is 0. The largest absolute Gasteiger partial charge is 0.450 e. The Morgan fingerprint density at radius 3 is 1.65 bits per heavy atom. The minimum absolute atomic E-state index is 0.282. The van der Waals surface area contributed by atoms with E-state index in [0.717, 1.165) is 6.42 Å². The summed E-state index contributed by atoms with van der Waals surface area (Å²) in [5, 5.41) is 2.63. The van der Waals surface area contributed by atoms with Gasteiger partial charge in [0, 0.05) is 6.54 Å². The molecule has 1 amide bonds. The van der Waals surface area contributed by atoms with E-state index in [1.165, 1.54) is 70.6 Å². The van der Waals surface area contributed by atoms with Crippen LogP contribution in [-0.4, -0.2) is 19.2 Å². The Kier molecular flexibility index (Phi) is 15.7. The third kappa shape index (κ3) is 15.3. The molecule has 0 atom stereocenters. The summed E-state index contributed by atoms with van der Waals surface area (Å²) in [6.07, 6.45) is 15.6. The lowest BCUT2D eigenvalue weighted by atomic mass is 10.1. The van der Waals surface area contributed by atoms with Crippen LogP contribution >= 0.6 is 0 Å². The minimum Gasteiger partial charge on any atom is -0.450 e. The molecule has 0 unspecified atom stereocenters. The first-order valence-corrected chi connectivity index (χ1v) is 8.71. The number of hydrogen-bond acceptors (Lipinski definition) is 2. The van der Waals surface area contributed by atoms with Gasteiger partial charge < -0.3 is 10.1 Å². The van der Waals surface area contributed by atoms with E-state index >= 15 is 0 Å². The normalized spacial score (nSPS) is 10.5. The summed E-state index contributed by atoms with van der Waals surface area (Å²) in [5.41, 5.74) is 0. The summed E-state index contributed by atoms with van der Waals surface area (Å²) >= 11 is 0. The van der Waals surface area contributed by atoms with Crippen molar-refractivity contribution >= 4 is 6.09 Å². The molecule has 0 spiro atoms. The van der Waals surface area contributed by atoms with Gasteiger partial charge in [-0.15, -0.1) is 0 Å². The van der Waals surface area contributed by atoms with Crippen molar-refractivity contribution in [3.8, 4) is 0 Å². The van der Waals surface area contributed by atoms with E-state index in [1.807, 2.05) is 6.92 Å². The Labute approximate surface area is 125 Å². The number of nitrogens with one attached hydrogen (secondary N) is 1. The average Bonchev–Trinajstić information content (AvgIpc) is 2.44. The number of carbonyl (C=O) groups excluding carboxylic acids is 1. The van der Waals surface area contributed by atoms with Gasteiger partial charge in [-0.25, -0.2) is 4.79 Å². The van der Waals surface area contributed by atoms with Gasteiger partial charge in [-0.05, 0) is 13.3 Å². The second-order valence-corrected chi connectivity index (χ2v) is 5.56. The van der Waals surface area contributed by atoms with E-state index in [1.54, 1.807) is 0 Å². The van der Waals surface area contributed by atoms with Crippen molar-refractivity contribution in [2.24, 2.45) is 0 Å². The van der Waals surface area contributed by atoms with Crippen LogP contribution in [0.5, 0.6) is 0 Å². The van der Waals surface area contributed by atoms with E-state index in [-0.39, 0.29) is 6.09 Å². The second-order valence-electron chi connectivity index (χ2n) is 5.56. The van der Waals surface area contributed by atoms with Crippen LogP contribution in [0, 0.1) is 0 Å². The zero-order valence-corrected chi connectivity index (χ0v) is 13.7. The Hall–Kier alpha value is -0.730. The maximum Gasteiger partial charge on any atom is 0.407 e. The summed E-state index contributed by atoms with van der Waals surface area (Å²) in [6, 6.07) is 0. The van der Waals surface area contributed by atoms with E-state index < -0.39 is 0 Å². The number of alkyl carbamates (subject to hydrolysis) is 1. The highest BCUT2D eigenvalue weighted by atomic mass is 16.5. The minimum atomic E-state index is -0.282. The number of ether oxygens (including phenoxy) is 1. The lowest BCUT2D eigenvalue weighted by Crippen LogP contribution is -2.23. The molecule has 120 valence electrons. The molecule has 0 aromatic carbocycles. The number of carbonyl (C=O) groups is 1. The van der Waals surface area contributed by atoms with Crippen LogP contribution in [0.2, 0.25) is 0 Å². The van der Waals surface area contributed by atoms with E-state index in [2.05, 4.69) is 12.2 Å². The quantitative estimate of drug-likeness (QED) is 0.432. The predicted octanol–water partition coefficient (Wildman–Crippen LogP) is 5.43. The zero-order chi connectivity index (χ0) is 14.9. The van der Waals surface area contributed by atoms with Crippen LogP contribution in [0.4, 0.5) is 4.79 Å². The molecule has 0 fully saturated rings. The number of hydrogen-bond donors (Lipinski definition) is 1. The van der Waals surface area contributed by atoms with Gasteiger partial charge in [-0.1, -0.05) is 77.6 Å². The highest BCUT2D eigenvalue weighted by molar-refractivity contribution is 5.66. The molecular formula is C17H35NO2. The molecule has 0 aliphatic heterocycles. The first-order chi connectivity index (χ1) is 9.81. The first-order valence-electron chi connectivity index (χ1n) is 8.71. The summed E-state index contributed by atoms with van der Waals surface area (Å²) < 4.78 is 5.02. The lowest BCUT2D eigenvalue weighted by molar-refractivity contribution is 0.144. The zero-order valence-electron chi connectivity index (χ0n) is 13.7. The molecule has 3 nitrogen and oxygen atoms in total. The van der Waals surface area contributed by atoms with Crippen LogP contribution in [0.1, 0.15) is 90.9 Å². The Balaban J connectivity index is 3.01. The molecule has 0 aromatic heterocycles. The van der Waals surface area contributed by atoms with Crippen LogP contribution < -0.4 is 5.32 Å². The maximum absolute atomic E-state index is 11.0. The fourth-order valence-corrected chi connectivity index (χ4v) is 2.30. The molecular weight excluding hydrogens is 250 g/mol. The molecule has 0 saturated carbocycles. The van der Waals surface area contributed by atoms with Crippen LogP contribution in [-0.2, 0) is 4.74 Å². The third-order valence-corrected chi connectivity index (χ3v) is 3.55. The van der Waals surface area contributed by atoms with Crippen molar-refractivity contribution in [2.75, 3.05) is 13.2 Å². The smallest absolute Gasteiger partial charge is 0.407 e. The maximum atomic E-state index is 11.0. The topological polar surface area (TPSA) is 38.3 Å². The van der Waals surface area contributed by atoms with Crippen molar-refractivity contribution < 1.29 is 9.53 Å². The fourth-order valence-electron chi connectivity index (χ4n) is 2.30. The van der Waals surface area contributed by atoms with E-state index in [4.69, 9.17) is 4.74 Å². The summed E-state index contributed by atoms with van der Waals surface area (Å²) in [6.45, 7) is 5.35. The van der Waals surface area contributed by atoms with Gasteiger partial charge in [0.25, 0.3) is 0 Å². The number of unbranched alkanes of at least 4 members (excludes halogenated alkanes) is 11. The van der Waals surface area contributed by atoms with Gasteiger partial charge in [0.2, 0.25) is 0 Å². The number of amides is 1. The van der Waals surface area contributed by atoms with Gasteiger partial charge in [0.1, 0.15) is 0 Å². The van der Waals surface area contributed by atoms with Gasteiger partial charge >= 0.3 is 6.09 Å². The van der Waals surface area contributed by atoms with Crippen LogP contribution in [0.3, 0.4) is 0 Å². The standard InChI is InChI=1S/C17H35NO2/c1-3-5-6-7-8-9-10-11-12-13-14-15-16-20-17(19)18-4-2/h3-16H2,1-2H3,(H,18,19). The van der Waals surface area contributed by atoms with Crippen molar-refractivity contribution in [1.82, 2.24) is 5.32 Å². The molecule has 0 rings (SSSR count). The third-order valence-electron chi connectivity index (χ3n) is 3.55. The second kappa shape index (κ2) is 16.3. The van der Waals surface area contributed by atoms with Crippen LogP contribution in [0.15, 0.2) is 0 Å². The predicted molar refractivity (Wildman–Crippen MR) is 86.1 cm³/mol. The average molecular weight is 285 g/mol. The molecule has 0 heterocycles. The SMILES string of the molecule is CCCCCCCCCCCCCCOC(=O)NCC. The molecule has 3 heteroatoms. The van der Waals surface area contributed by atoms with Crippen molar-refractivity contribution in [3.63, 3.8) is 0 Å². The van der Waals surface area contributed by atoms with Gasteiger partial charge in [0.15, 0.2) is 0 Å². The van der Waals surface area contributed by atoms with E-state index in [9.17, 15) is 4.79 Å². The van der Waals surface area contributed by atoms with Crippen molar-refractivity contribution in [3.05, 3.63) is 0 Å². The van der Waals surface area contributed by atoms with Crippen LogP contribution in [0.25, 0.3) is 0 Å². The molecule has 0 radical (unpaired) electrons. The monoisotopic (exact) mass is 285 g/mol. The Morgan fingerprint density at radius 2 is 1.20 bits per heavy atom. The molecule has 0 aliphatic rings. The molecule has 0 saturated heterocycles. The highest BCUT2D eigenvalue weighted by Crippen LogP contribution is 2.11. The Bertz CT molecular complexity index is 207. The molecule has 1 N–H and O–H groups in total. The Morgan fingerprint density at radius 1 is 0.750 bits per heavy atom. The van der Waals surface area contributed by atoms with Gasteiger partial charge in [-0.3, -0.25) is 0 Å². The summed E-state index contributed by atoms with van der Waals surface area (Å²) in [4.78, 5) is 11.0. The van der Waals surface area contributed by atoms with Gasteiger partial charge in [0.05, 0.1) is 6.61 Å². The molecule has 20 heavy (non-hydrogen) atoms. The molecule has 0 bridgehead atoms. The lowest BCUT2D eigenvalue weighted by Gasteiger charge is -2.05. The van der Waals surface area contributed by atoms with E-state index in [0.29, 0.717) is 13.2 Å². The van der Waals surface area contributed by atoms with Crippen molar-refractivity contribution in [2.45, 2.75) is 90.9 Å². The highest BCUT2D eigenvalue weighted by Gasteiger charge is 1.98. The molecule has 0 aliphatic carbocycles. The van der Waals surface area contributed by atoms with Gasteiger partial charge in [-0.2, -0.15) is 0 Å². The molecule has 0 aromatic rings. The first kappa shape index (κ1) is 19.3. The summed E-state index contributed by atoms with van der Waals surface area (Å²) in [5.74, 6) is 0.